The fraction of sp³-hybridized carbons (Fsp3) is 0.562. The Hall–Kier alpha value is -1.95. The van der Waals surface area contributed by atoms with Crippen LogP contribution in [0.25, 0.3) is 0 Å². The molecule has 1 aliphatic carbocycles. The fourth-order valence-electron chi connectivity index (χ4n) is 3.00. The van der Waals surface area contributed by atoms with E-state index in [1.807, 2.05) is 23.1 Å². The molecule has 2 fully saturated rings. The van der Waals surface area contributed by atoms with E-state index in [9.17, 15) is 4.79 Å². The Bertz CT molecular complexity index is 580. The molecule has 1 N–H and O–H groups in total. The van der Waals surface area contributed by atoms with Crippen LogP contribution in [-0.2, 0) is 10.3 Å². The van der Waals surface area contributed by atoms with Crippen molar-refractivity contribution in [2.45, 2.75) is 18.4 Å². The highest BCUT2D eigenvalue weighted by Gasteiger charge is 2.47. The molecular formula is C16H20N2O4. The Morgan fingerprint density at radius 2 is 1.77 bits per heavy atom. The van der Waals surface area contributed by atoms with E-state index in [2.05, 4.69) is 5.32 Å². The molecule has 0 unspecified atom stereocenters. The molecule has 0 aromatic heterocycles. The number of rotatable bonds is 2. The minimum atomic E-state index is -0.245. The predicted molar refractivity (Wildman–Crippen MR) is 79.3 cm³/mol. The Morgan fingerprint density at radius 1 is 1.05 bits per heavy atom. The zero-order chi connectivity index (χ0) is 15.0. The van der Waals surface area contributed by atoms with Gasteiger partial charge in [0.1, 0.15) is 13.2 Å². The van der Waals surface area contributed by atoms with Crippen LogP contribution in [0.4, 0.5) is 4.79 Å². The number of benzene rings is 1. The quantitative estimate of drug-likeness (QED) is 0.899. The van der Waals surface area contributed by atoms with Gasteiger partial charge in [-0.1, -0.05) is 6.07 Å². The van der Waals surface area contributed by atoms with Gasteiger partial charge in [-0.25, -0.2) is 4.79 Å². The third-order valence-corrected chi connectivity index (χ3v) is 4.49. The molecule has 0 spiro atoms. The van der Waals surface area contributed by atoms with Crippen molar-refractivity contribution in [3.05, 3.63) is 23.8 Å². The van der Waals surface area contributed by atoms with Crippen LogP contribution in [-0.4, -0.2) is 50.4 Å². The summed E-state index contributed by atoms with van der Waals surface area (Å²) in [6, 6.07) is 5.96. The van der Waals surface area contributed by atoms with Crippen molar-refractivity contribution in [1.29, 1.82) is 0 Å². The topological polar surface area (TPSA) is 60.0 Å². The molecule has 1 saturated carbocycles. The normalized spacial score (nSPS) is 22.1. The summed E-state index contributed by atoms with van der Waals surface area (Å²) in [5.41, 5.74) is 0.851. The monoisotopic (exact) mass is 304 g/mol. The lowest BCUT2D eigenvalue weighted by atomic mass is 10.0. The van der Waals surface area contributed by atoms with Crippen molar-refractivity contribution in [2.75, 3.05) is 39.5 Å². The highest BCUT2D eigenvalue weighted by atomic mass is 16.6. The standard InChI is InChI=1S/C16H20N2O4/c19-15(18-5-7-20-8-6-18)17-16(3-4-16)12-1-2-13-14(11-12)22-10-9-21-13/h1-2,11H,3-10H2,(H,17,19). The van der Waals surface area contributed by atoms with Gasteiger partial charge in [0.25, 0.3) is 0 Å². The number of urea groups is 1. The summed E-state index contributed by atoms with van der Waals surface area (Å²) in [5.74, 6) is 1.56. The smallest absolute Gasteiger partial charge is 0.318 e. The van der Waals surface area contributed by atoms with Gasteiger partial charge in [0.15, 0.2) is 11.5 Å². The van der Waals surface area contributed by atoms with E-state index in [1.54, 1.807) is 0 Å². The molecule has 1 aromatic carbocycles. The minimum absolute atomic E-state index is 0.00399. The van der Waals surface area contributed by atoms with E-state index in [1.165, 1.54) is 0 Å². The molecule has 0 bridgehead atoms. The van der Waals surface area contributed by atoms with Gasteiger partial charge in [0.05, 0.1) is 18.8 Å². The highest BCUT2D eigenvalue weighted by Crippen LogP contribution is 2.48. The second-order valence-electron chi connectivity index (χ2n) is 5.97. The number of hydrogen-bond acceptors (Lipinski definition) is 4. The first-order valence-electron chi connectivity index (χ1n) is 7.82. The third kappa shape index (κ3) is 2.47. The Labute approximate surface area is 129 Å². The zero-order valence-corrected chi connectivity index (χ0v) is 12.5. The van der Waals surface area contributed by atoms with E-state index in [4.69, 9.17) is 14.2 Å². The summed E-state index contributed by atoms with van der Waals surface area (Å²) in [6.45, 7) is 3.70. The maximum absolute atomic E-state index is 12.4. The van der Waals surface area contributed by atoms with Gasteiger partial charge in [-0.15, -0.1) is 0 Å². The molecule has 2 heterocycles. The van der Waals surface area contributed by atoms with Gasteiger partial charge >= 0.3 is 6.03 Å². The summed E-state index contributed by atoms with van der Waals surface area (Å²) < 4.78 is 16.5. The van der Waals surface area contributed by atoms with Crippen LogP contribution in [0.1, 0.15) is 18.4 Å². The van der Waals surface area contributed by atoms with Crippen molar-refractivity contribution < 1.29 is 19.0 Å². The number of ether oxygens (including phenoxy) is 3. The Morgan fingerprint density at radius 3 is 2.50 bits per heavy atom. The van der Waals surface area contributed by atoms with Crippen molar-refractivity contribution in [3.8, 4) is 11.5 Å². The lowest BCUT2D eigenvalue weighted by Crippen LogP contribution is -2.49. The first-order chi connectivity index (χ1) is 10.8. The molecule has 22 heavy (non-hydrogen) atoms. The van der Waals surface area contributed by atoms with E-state index in [0.717, 1.165) is 29.9 Å². The fourth-order valence-corrected chi connectivity index (χ4v) is 3.00. The van der Waals surface area contributed by atoms with Crippen LogP contribution in [0.5, 0.6) is 11.5 Å². The molecule has 118 valence electrons. The Kier molecular flexibility index (Phi) is 3.33. The second kappa shape index (κ2) is 5.35. The maximum Gasteiger partial charge on any atom is 0.318 e. The number of hydrogen-bond donors (Lipinski definition) is 1. The largest absolute Gasteiger partial charge is 0.486 e. The zero-order valence-electron chi connectivity index (χ0n) is 12.5. The van der Waals surface area contributed by atoms with Gasteiger partial charge in [-0.2, -0.15) is 0 Å². The maximum atomic E-state index is 12.4. The van der Waals surface area contributed by atoms with Gasteiger partial charge < -0.3 is 24.4 Å². The Balaban J connectivity index is 1.50. The van der Waals surface area contributed by atoms with Crippen molar-refractivity contribution >= 4 is 6.03 Å². The average molecular weight is 304 g/mol. The first-order valence-corrected chi connectivity index (χ1v) is 7.82. The first kappa shape index (κ1) is 13.7. The van der Waals surface area contributed by atoms with Crippen LogP contribution in [0.3, 0.4) is 0 Å². The number of amides is 2. The third-order valence-electron chi connectivity index (χ3n) is 4.49. The highest BCUT2D eigenvalue weighted by molar-refractivity contribution is 5.76. The molecule has 1 aromatic rings. The summed E-state index contributed by atoms with van der Waals surface area (Å²) in [6.07, 6.45) is 1.92. The predicted octanol–water partition coefficient (Wildman–Crippen LogP) is 1.49. The molecule has 0 radical (unpaired) electrons. The van der Waals surface area contributed by atoms with Crippen LogP contribution < -0.4 is 14.8 Å². The van der Waals surface area contributed by atoms with Gasteiger partial charge in [-0.3, -0.25) is 0 Å². The number of nitrogens with one attached hydrogen (secondary N) is 1. The molecule has 2 amide bonds. The molecule has 1 saturated heterocycles. The van der Waals surface area contributed by atoms with Crippen molar-refractivity contribution in [3.63, 3.8) is 0 Å². The van der Waals surface area contributed by atoms with E-state index < -0.39 is 0 Å². The summed E-state index contributed by atoms with van der Waals surface area (Å²) >= 11 is 0. The van der Waals surface area contributed by atoms with E-state index in [-0.39, 0.29) is 11.6 Å². The summed E-state index contributed by atoms with van der Waals surface area (Å²) in [5, 5.41) is 3.20. The number of fused-ring (bicyclic) bond motifs is 1. The summed E-state index contributed by atoms with van der Waals surface area (Å²) in [4.78, 5) is 14.2. The average Bonchev–Trinajstić information content (AvgIpc) is 3.36. The minimum Gasteiger partial charge on any atom is -0.486 e. The van der Waals surface area contributed by atoms with Crippen LogP contribution in [0.2, 0.25) is 0 Å². The van der Waals surface area contributed by atoms with Crippen molar-refractivity contribution in [1.82, 2.24) is 10.2 Å². The molecule has 0 atom stereocenters. The second-order valence-corrected chi connectivity index (χ2v) is 5.97. The lowest BCUT2D eigenvalue weighted by molar-refractivity contribution is 0.0522. The molecule has 6 heteroatoms. The van der Waals surface area contributed by atoms with Gasteiger partial charge in [0.2, 0.25) is 0 Å². The molecule has 4 rings (SSSR count). The summed E-state index contributed by atoms with van der Waals surface area (Å²) in [7, 11) is 0. The lowest BCUT2D eigenvalue weighted by Gasteiger charge is -2.30. The van der Waals surface area contributed by atoms with E-state index in [0.29, 0.717) is 39.5 Å². The van der Waals surface area contributed by atoms with Crippen LogP contribution in [0, 0.1) is 0 Å². The number of nitrogens with zero attached hydrogens (tertiary/aromatic N) is 1. The van der Waals surface area contributed by atoms with Gasteiger partial charge in [-0.05, 0) is 30.5 Å². The molecule has 2 aliphatic heterocycles. The SMILES string of the molecule is O=C(NC1(c2ccc3c(c2)OCCO3)CC1)N1CCOCC1. The van der Waals surface area contributed by atoms with Crippen LogP contribution >= 0.6 is 0 Å². The molecule has 3 aliphatic rings. The van der Waals surface area contributed by atoms with Gasteiger partial charge in [0, 0.05) is 13.1 Å². The number of morpholine rings is 1. The number of carbonyl (C=O) groups is 1. The van der Waals surface area contributed by atoms with E-state index >= 15 is 0 Å². The molecular weight excluding hydrogens is 284 g/mol. The number of carbonyl (C=O) groups excluding carboxylic acids is 1. The molecule has 6 nitrogen and oxygen atoms in total. The van der Waals surface area contributed by atoms with Crippen molar-refractivity contribution in [2.24, 2.45) is 0 Å². The van der Waals surface area contributed by atoms with Crippen LogP contribution in [0.15, 0.2) is 18.2 Å².